The molecule has 0 amide bonds. The predicted octanol–water partition coefficient (Wildman–Crippen LogP) is 18.2. The third-order valence-electron chi connectivity index (χ3n) is 19.4. The second-order valence-electron chi connectivity index (χ2n) is 25.3. The van der Waals surface area contributed by atoms with Gasteiger partial charge in [-0.1, -0.05) is 375 Å². The van der Waals surface area contributed by atoms with E-state index in [1.165, 1.54) is 54.7 Å². The maximum Gasteiger partial charge on any atom is 0.240 e. The second-order valence-corrected chi connectivity index (χ2v) is 32.5. The number of benzene rings is 16. The van der Waals surface area contributed by atoms with Crippen LogP contribution in [0, 0.1) is 0 Å². The van der Waals surface area contributed by atoms with Crippen LogP contribution >= 0.6 is 0 Å². The van der Waals surface area contributed by atoms with E-state index in [9.17, 15) is 27.4 Å². The van der Waals surface area contributed by atoms with E-state index in [0.29, 0.717) is 10.8 Å². The average molecular weight is 1540 g/mol. The quantitative estimate of drug-likeness (QED) is 0.0795. The Kier molecular flexibility index (Phi) is 8.58. The Balaban J connectivity index is 0.000000185. The van der Waals surface area contributed by atoms with Gasteiger partial charge in [-0.2, -0.15) is 29.9 Å². The monoisotopic (exact) mass is 1540 g/mol. The van der Waals surface area contributed by atoms with Gasteiger partial charge in [0, 0.05) is 54.2 Å². The SMILES string of the molecule is [2H]c1cc([Si](c2c([2H])c([2H])c([2H])c([2H])c2[2H])(c2c([2H])c([2H])c([2H])c([2H])c2[2H])c2c([2H])c([2H])c([2H])c(-c3nc(-n4c5ccccc5c5c([2H])c([2H])c([2H])c([2H])c54)nc(-n4c5ccccc5c5c([2H])c([2H])c([2H])c([2H])c54)n3)c2[2H])c([2H])c([2H])c1[2H].[2H]c1cc([Si](c2ccccc2)(c2c([2H])c([2H])c([2H])c([2H])c2[2H])c2c([2H])c([2H])c([2H])c(-c3nc(-n4c5ccccc5c5c([2H])c([2H])c([2H])c([2H])c54)nc(-n4c5ccccc5c5c([2H])c([2H])c([2H])c([2H])c54)n3)c2[2H])c([2H])c([2H])c1[2H]. The van der Waals surface area contributed by atoms with E-state index in [4.69, 9.17) is 66.9 Å². The van der Waals surface area contributed by atoms with Crippen LogP contribution in [0.5, 0.6) is 0 Å². The molecule has 0 bridgehead atoms. The Labute approximate surface area is 725 Å². The van der Waals surface area contributed by atoms with E-state index < -0.39 is 378 Å². The fraction of sp³-hybridized carbons (Fsp3) is 0. The highest BCUT2D eigenvalue weighted by Crippen LogP contribution is 2.38. The fourth-order valence-electron chi connectivity index (χ4n) is 14.7. The number of nitrogens with zero attached hydrogens (tertiary/aromatic N) is 10. The zero-order valence-electron chi connectivity index (χ0n) is 105. The molecule has 0 aliphatic rings. The summed E-state index contributed by atoms with van der Waals surface area (Å²) in [5.74, 6) is -3.46. The van der Waals surface area contributed by atoms with Gasteiger partial charge in [0.15, 0.2) is 27.8 Å². The first-order valence-electron chi connectivity index (χ1n) is 58.2. The molecule has 0 N–H and O–H groups in total. The highest BCUT2D eigenvalue weighted by atomic mass is 28.3. The third kappa shape index (κ3) is 11.1. The van der Waals surface area contributed by atoms with Crippen LogP contribution < -0.4 is 41.5 Å². The Morgan fingerprint density at radius 3 is 0.781 bits per heavy atom. The van der Waals surface area contributed by atoms with Crippen molar-refractivity contribution in [3.63, 3.8) is 0 Å². The zero-order chi connectivity index (χ0) is 116. The largest absolute Gasteiger partial charge is 0.278 e. The van der Waals surface area contributed by atoms with Gasteiger partial charge in [0.05, 0.1) is 109 Å². The number of aromatic nitrogens is 10. The highest BCUT2D eigenvalue weighted by molar-refractivity contribution is 7.20. The summed E-state index contributed by atoms with van der Waals surface area (Å²) in [6.45, 7) is 0. The normalized spacial score (nSPS) is 18.1. The van der Waals surface area contributed by atoms with Crippen molar-refractivity contribution in [3.05, 3.63) is 424 Å². The van der Waals surface area contributed by atoms with Crippen LogP contribution in [0.15, 0.2) is 424 Å². The van der Waals surface area contributed by atoms with E-state index >= 15 is 0 Å². The fourth-order valence-corrected chi connectivity index (χ4v) is 22.3. The smallest absolute Gasteiger partial charge is 0.240 e. The van der Waals surface area contributed by atoms with Crippen molar-refractivity contribution >= 4 is 145 Å². The van der Waals surface area contributed by atoms with Crippen molar-refractivity contribution in [1.82, 2.24) is 48.2 Å². The van der Waals surface area contributed by atoms with Gasteiger partial charge in [0.2, 0.25) is 23.8 Å². The molecule has 16 aromatic carbocycles. The Bertz CT molecular complexity index is 9980. The number of hydrogen-bond acceptors (Lipinski definition) is 6. The standard InChI is InChI=1S/2C51H35N5Si/c2*1-4-20-37(21-5-1)57(38-22-6-2-7-23-38,39-24-8-3-9-25-39)40-26-18-19-36(35-40)49-52-50(55-45-31-14-10-27-41(45)42-28-11-15-32-46(42)55)54-51(53-49)56-47-33-16-12-29-43(47)44-30-13-17-34-48(44)56/h2*1-35H/i1D,2D,3D,4D,5D,6D,7D,8D,9D,10D,12D,14D,16D,18D,19D,20D,21D,22D,23D,24D,26D,27D,29D,31D,33D,35D;1D,2D,4D,5D,6D,7D,10D,12D,14D,16D,18D,19D,20D,21D,22D,26D,27D,29D,31D,33D,35D. The van der Waals surface area contributed by atoms with E-state index in [2.05, 4.69) is 0 Å². The second kappa shape index (κ2) is 28.2. The zero-order valence-corrected chi connectivity index (χ0v) is 60.3. The Morgan fingerprint density at radius 1 is 0.184 bits per heavy atom. The van der Waals surface area contributed by atoms with Gasteiger partial charge < -0.3 is 0 Å². The maximum absolute atomic E-state index is 10.5. The van der Waals surface area contributed by atoms with E-state index in [0.717, 1.165) is 12.1 Å². The van der Waals surface area contributed by atoms with Crippen LogP contribution in [0.25, 0.3) is 134 Å². The summed E-state index contributed by atoms with van der Waals surface area (Å²) in [7, 11) is -11.4. The third-order valence-corrected chi connectivity index (χ3v) is 27.8. The molecule has 1 atom stereocenters. The van der Waals surface area contributed by atoms with Crippen molar-refractivity contribution in [3.8, 4) is 46.6 Å². The molecule has 0 aliphatic carbocycles. The molecular formula is C102H70N10Si2. The molecule has 6 aromatic heterocycles. The van der Waals surface area contributed by atoms with Crippen LogP contribution in [0.3, 0.4) is 0 Å². The number of hydrogen-bond donors (Lipinski definition) is 0. The van der Waals surface area contributed by atoms with Crippen LogP contribution in [-0.4, -0.2) is 64.3 Å². The molecule has 22 rings (SSSR count). The van der Waals surface area contributed by atoms with Crippen LogP contribution in [0.1, 0.15) is 64.4 Å². The predicted molar refractivity (Wildman–Crippen MR) is 475 cm³/mol. The van der Waals surface area contributed by atoms with Gasteiger partial charge in [-0.15, -0.1) is 0 Å². The van der Waals surface area contributed by atoms with E-state index in [-0.39, 0.29) is 86.8 Å². The van der Waals surface area contributed by atoms with Crippen LogP contribution in [0.4, 0.5) is 0 Å². The lowest BCUT2D eigenvalue weighted by atomic mass is 10.2. The lowest BCUT2D eigenvalue weighted by Gasteiger charge is -2.34. The lowest BCUT2D eigenvalue weighted by Crippen LogP contribution is -2.74. The first-order valence-corrected chi connectivity index (χ1v) is 38.7. The summed E-state index contributed by atoms with van der Waals surface area (Å²) < 4.78 is 436. The molecule has 22 aromatic rings. The number of rotatable bonds is 14. The van der Waals surface area contributed by atoms with Crippen LogP contribution in [0.2, 0.25) is 0 Å². The molecule has 536 valence electrons. The minimum Gasteiger partial charge on any atom is -0.278 e. The molecule has 6 heterocycles. The topological polar surface area (TPSA) is 97.1 Å². The summed E-state index contributed by atoms with van der Waals surface area (Å²) in [5.41, 5.74) is -1.55. The molecule has 0 fully saturated rings. The first-order chi connectivity index (χ1) is 76.1. The number of para-hydroxylation sites is 8. The molecule has 0 aliphatic heterocycles. The minimum atomic E-state index is -6.15. The summed E-state index contributed by atoms with van der Waals surface area (Å²) in [5, 5.41) is -4.14. The summed E-state index contributed by atoms with van der Waals surface area (Å²) in [6.07, 6.45) is 0. The molecular weight excluding hydrogens is 1420 g/mol. The molecule has 12 heteroatoms. The van der Waals surface area contributed by atoms with Gasteiger partial charge in [0.1, 0.15) is 0 Å². The maximum atomic E-state index is 10.5. The average Bonchev–Trinajstić information content (AvgIpc) is 1.59. The summed E-state index contributed by atoms with van der Waals surface area (Å²) >= 11 is 0. The molecule has 10 nitrogen and oxygen atoms in total. The lowest BCUT2D eigenvalue weighted by molar-refractivity contribution is 0.892. The van der Waals surface area contributed by atoms with Crippen molar-refractivity contribution in [1.29, 1.82) is 0 Å². The number of fused-ring (bicyclic) bond motifs is 12. The van der Waals surface area contributed by atoms with Gasteiger partial charge >= 0.3 is 0 Å². The van der Waals surface area contributed by atoms with E-state index in [1.807, 2.05) is 0 Å². The Morgan fingerprint density at radius 2 is 0.447 bits per heavy atom. The molecule has 0 spiro atoms. The van der Waals surface area contributed by atoms with Gasteiger partial charge in [-0.3, -0.25) is 18.3 Å². The van der Waals surface area contributed by atoms with Gasteiger partial charge in [-0.25, -0.2) is 0 Å². The van der Waals surface area contributed by atoms with Crippen molar-refractivity contribution in [2.24, 2.45) is 0 Å². The van der Waals surface area contributed by atoms with E-state index in [1.54, 1.807) is 91.0 Å². The molecule has 0 saturated heterocycles. The molecule has 114 heavy (non-hydrogen) atoms. The van der Waals surface area contributed by atoms with Gasteiger partial charge in [0.25, 0.3) is 0 Å². The van der Waals surface area contributed by atoms with Crippen LogP contribution in [-0.2, 0) is 0 Å². The van der Waals surface area contributed by atoms with Crippen molar-refractivity contribution < 1.29 is 64.4 Å². The van der Waals surface area contributed by atoms with Gasteiger partial charge in [-0.05, 0) is 89.9 Å². The molecule has 1 unspecified atom stereocenters. The molecule has 0 saturated carbocycles. The summed E-state index contributed by atoms with van der Waals surface area (Å²) in [4.78, 5) is 29.0. The highest BCUT2D eigenvalue weighted by Gasteiger charge is 2.43. The summed E-state index contributed by atoms with van der Waals surface area (Å²) in [6, 6.07) is -4.62. The minimum absolute atomic E-state index is 0.0295. The molecule has 0 radical (unpaired) electrons. The van der Waals surface area contributed by atoms with Crippen molar-refractivity contribution in [2.75, 3.05) is 0 Å². The first kappa shape index (κ1) is 34.6. The van der Waals surface area contributed by atoms with Crippen molar-refractivity contribution in [2.45, 2.75) is 0 Å². The Hall–Kier alpha value is -14.8.